The molecular formula is C12H25BrO2S. The number of halogens is 1. The fourth-order valence-electron chi connectivity index (χ4n) is 1.64. The van der Waals surface area contributed by atoms with Crippen LogP contribution < -0.4 is 0 Å². The molecule has 0 amide bonds. The Morgan fingerprint density at radius 3 is 2.00 bits per heavy atom. The normalized spacial score (nSPS) is 13.4. The third-order valence-corrected chi connectivity index (χ3v) is 6.42. The van der Waals surface area contributed by atoms with Gasteiger partial charge in [0.25, 0.3) is 0 Å². The Morgan fingerprint density at radius 2 is 1.69 bits per heavy atom. The summed E-state index contributed by atoms with van der Waals surface area (Å²) in [4.78, 5) is 0. The summed E-state index contributed by atoms with van der Waals surface area (Å²) < 4.78 is 24.0. The Bertz CT molecular complexity index is 271. The van der Waals surface area contributed by atoms with Crippen LogP contribution in [0.15, 0.2) is 0 Å². The highest BCUT2D eigenvalue weighted by molar-refractivity contribution is 9.09. The zero-order chi connectivity index (χ0) is 12.8. The van der Waals surface area contributed by atoms with Gasteiger partial charge in [0.15, 0.2) is 9.84 Å². The summed E-state index contributed by atoms with van der Waals surface area (Å²) in [5.41, 5.74) is -0.0736. The van der Waals surface area contributed by atoms with Crippen LogP contribution in [0.25, 0.3) is 0 Å². The highest BCUT2D eigenvalue weighted by atomic mass is 79.9. The Hall–Kier alpha value is 0.430. The summed E-state index contributed by atoms with van der Waals surface area (Å²) in [6.45, 7) is 8.27. The Morgan fingerprint density at radius 1 is 1.19 bits per heavy atom. The van der Waals surface area contributed by atoms with Gasteiger partial charge < -0.3 is 0 Å². The van der Waals surface area contributed by atoms with Crippen LogP contribution in [0.3, 0.4) is 0 Å². The standard InChI is InChI=1S/C12H25BrO2S/c1-5-12(6-2,9-13)10-16(14,15)8-7-11(3)4/h11H,5-10H2,1-4H3. The topological polar surface area (TPSA) is 34.1 Å². The smallest absolute Gasteiger partial charge is 0.150 e. The lowest BCUT2D eigenvalue weighted by atomic mass is 9.87. The van der Waals surface area contributed by atoms with E-state index in [1.807, 2.05) is 0 Å². The minimum Gasteiger partial charge on any atom is -0.229 e. The summed E-state index contributed by atoms with van der Waals surface area (Å²) in [6, 6.07) is 0. The molecule has 0 spiro atoms. The van der Waals surface area contributed by atoms with Crippen molar-refractivity contribution in [3.63, 3.8) is 0 Å². The molecule has 0 saturated carbocycles. The van der Waals surface area contributed by atoms with Crippen molar-refractivity contribution in [3.8, 4) is 0 Å². The van der Waals surface area contributed by atoms with E-state index in [9.17, 15) is 8.42 Å². The number of sulfone groups is 1. The van der Waals surface area contributed by atoms with Crippen LogP contribution in [0, 0.1) is 11.3 Å². The lowest BCUT2D eigenvalue weighted by Gasteiger charge is -2.29. The van der Waals surface area contributed by atoms with E-state index in [1.165, 1.54) is 0 Å². The van der Waals surface area contributed by atoms with E-state index in [1.54, 1.807) is 0 Å². The molecular weight excluding hydrogens is 288 g/mol. The van der Waals surface area contributed by atoms with Crippen LogP contribution in [-0.2, 0) is 9.84 Å². The Labute approximate surface area is 109 Å². The third-order valence-electron chi connectivity index (χ3n) is 3.32. The first-order chi connectivity index (χ1) is 7.31. The monoisotopic (exact) mass is 312 g/mol. The van der Waals surface area contributed by atoms with Crippen molar-refractivity contribution < 1.29 is 8.42 Å². The van der Waals surface area contributed by atoms with Gasteiger partial charge in [-0.1, -0.05) is 43.6 Å². The third kappa shape index (κ3) is 5.67. The van der Waals surface area contributed by atoms with E-state index in [0.29, 0.717) is 17.4 Å². The molecule has 0 radical (unpaired) electrons. The lowest BCUT2D eigenvalue weighted by Crippen LogP contribution is -2.32. The van der Waals surface area contributed by atoms with Crippen molar-refractivity contribution in [2.75, 3.05) is 16.8 Å². The molecule has 0 aliphatic carbocycles. The molecule has 0 aromatic rings. The maximum absolute atomic E-state index is 12.0. The van der Waals surface area contributed by atoms with Crippen molar-refractivity contribution in [2.24, 2.45) is 11.3 Å². The van der Waals surface area contributed by atoms with Gasteiger partial charge in [0, 0.05) is 5.33 Å². The number of alkyl halides is 1. The molecule has 0 aliphatic rings. The molecule has 98 valence electrons. The van der Waals surface area contributed by atoms with Crippen molar-refractivity contribution in [3.05, 3.63) is 0 Å². The minimum absolute atomic E-state index is 0.0736. The molecule has 0 bridgehead atoms. The lowest BCUT2D eigenvalue weighted by molar-refractivity contribution is 0.350. The van der Waals surface area contributed by atoms with Gasteiger partial charge in [-0.15, -0.1) is 0 Å². The summed E-state index contributed by atoms with van der Waals surface area (Å²) in [5.74, 6) is 1.11. The van der Waals surface area contributed by atoms with Crippen LogP contribution in [0.2, 0.25) is 0 Å². The fraction of sp³-hybridized carbons (Fsp3) is 1.00. The molecule has 0 aliphatic heterocycles. The number of hydrogen-bond donors (Lipinski definition) is 0. The molecule has 0 N–H and O–H groups in total. The SMILES string of the molecule is CCC(CC)(CBr)CS(=O)(=O)CCC(C)C. The van der Waals surface area contributed by atoms with E-state index in [2.05, 4.69) is 43.6 Å². The second kappa shape index (κ2) is 7.00. The summed E-state index contributed by atoms with van der Waals surface area (Å²) in [5, 5.41) is 0.772. The second-order valence-electron chi connectivity index (χ2n) is 5.12. The van der Waals surface area contributed by atoms with E-state index in [4.69, 9.17) is 0 Å². The fourth-order valence-corrected chi connectivity index (χ4v) is 5.31. The molecule has 0 atom stereocenters. The van der Waals surface area contributed by atoms with Gasteiger partial charge in [0.2, 0.25) is 0 Å². The van der Waals surface area contributed by atoms with Crippen molar-refractivity contribution in [2.45, 2.75) is 47.0 Å². The molecule has 4 heteroatoms. The van der Waals surface area contributed by atoms with Crippen LogP contribution in [0.4, 0.5) is 0 Å². The first-order valence-corrected chi connectivity index (χ1v) is 9.01. The Kier molecular flexibility index (Phi) is 7.18. The van der Waals surface area contributed by atoms with Crippen LogP contribution in [-0.4, -0.2) is 25.3 Å². The molecule has 0 aromatic carbocycles. The minimum atomic E-state index is -2.90. The maximum Gasteiger partial charge on any atom is 0.150 e. The first-order valence-electron chi connectivity index (χ1n) is 6.07. The van der Waals surface area contributed by atoms with Crippen molar-refractivity contribution in [1.82, 2.24) is 0 Å². The van der Waals surface area contributed by atoms with E-state index in [0.717, 1.165) is 24.6 Å². The molecule has 0 rings (SSSR count). The largest absolute Gasteiger partial charge is 0.229 e. The van der Waals surface area contributed by atoms with E-state index >= 15 is 0 Å². The van der Waals surface area contributed by atoms with Gasteiger partial charge in [-0.05, 0) is 30.6 Å². The Balaban J connectivity index is 4.54. The molecule has 0 aromatic heterocycles. The molecule has 0 fully saturated rings. The van der Waals surface area contributed by atoms with E-state index < -0.39 is 9.84 Å². The zero-order valence-electron chi connectivity index (χ0n) is 10.9. The number of rotatable bonds is 8. The second-order valence-corrected chi connectivity index (χ2v) is 7.86. The quantitative estimate of drug-likeness (QED) is 0.641. The van der Waals surface area contributed by atoms with Crippen LogP contribution in [0.5, 0.6) is 0 Å². The highest BCUT2D eigenvalue weighted by Gasteiger charge is 2.31. The molecule has 0 saturated heterocycles. The molecule has 0 heterocycles. The predicted octanol–water partition coefficient (Wildman–Crippen LogP) is 3.65. The van der Waals surface area contributed by atoms with Gasteiger partial charge in [0.05, 0.1) is 11.5 Å². The maximum atomic E-state index is 12.0. The molecule has 0 unspecified atom stereocenters. The average molecular weight is 313 g/mol. The van der Waals surface area contributed by atoms with Crippen molar-refractivity contribution >= 4 is 25.8 Å². The zero-order valence-corrected chi connectivity index (χ0v) is 13.3. The van der Waals surface area contributed by atoms with Gasteiger partial charge >= 0.3 is 0 Å². The number of hydrogen-bond acceptors (Lipinski definition) is 2. The van der Waals surface area contributed by atoms with E-state index in [-0.39, 0.29) is 5.41 Å². The molecule has 16 heavy (non-hydrogen) atoms. The van der Waals surface area contributed by atoms with Gasteiger partial charge in [0.1, 0.15) is 0 Å². The average Bonchev–Trinajstić information content (AvgIpc) is 2.24. The molecule has 2 nitrogen and oxygen atoms in total. The highest BCUT2D eigenvalue weighted by Crippen LogP contribution is 2.31. The van der Waals surface area contributed by atoms with Gasteiger partial charge in [-0.25, -0.2) is 8.42 Å². The van der Waals surface area contributed by atoms with Gasteiger partial charge in [-0.2, -0.15) is 0 Å². The predicted molar refractivity (Wildman–Crippen MR) is 74.9 cm³/mol. The summed E-state index contributed by atoms with van der Waals surface area (Å²) in [6.07, 6.45) is 2.60. The van der Waals surface area contributed by atoms with Gasteiger partial charge in [-0.3, -0.25) is 0 Å². The summed E-state index contributed by atoms with van der Waals surface area (Å²) >= 11 is 3.46. The van der Waals surface area contributed by atoms with Crippen LogP contribution >= 0.6 is 15.9 Å². The van der Waals surface area contributed by atoms with Crippen molar-refractivity contribution in [1.29, 1.82) is 0 Å². The summed E-state index contributed by atoms with van der Waals surface area (Å²) in [7, 11) is -2.90. The van der Waals surface area contributed by atoms with Crippen LogP contribution in [0.1, 0.15) is 47.0 Å². The first kappa shape index (κ1) is 16.4.